The number of alkyl halides is 1. The van der Waals surface area contributed by atoms with Crippen LogP contribution >= 0.6 is 15.9 Å². The molecule has 1 fully saturated rings. The third kappa shape index (κ3) is 1.25. The van der Waals surface area contributed by atoms with Gasteiger partial charge in [-0.15, -0.1) is 0 Å². The van der Waals surface area contributed by atoms with E-state index >= 15 is 0 Å². The van der Waals surface area contributed by atoms with Gasteiger partial charge < -0.3 is 0 Å². The molecule has 1 rings (SSSR count). The van der Waals surface area contributed by atoms with Crippen molar-refractivity contribution in [1.29, 1.82) is 0 Å². The summed E-state index contributed by atoms with van der Waals surface area (Å²) in [7, 11) is 0. The highest BCUT2D eigenvalue weighted by Gasteiger charge is 2.39. The van der Waals surface area contributed by atoms with Crippen LogP contribution in [0.5, 0.6) is 0 Å². The van der Waals surface area contributed by atoms with Crippen molar-refractivity contribution >= 4 is 15.9 Å². The summed E-state index contributed by atoms with van der Waals surface area (Å²) in [6.45, 7) is 2.27. The summed E-state index contributed by atoms with van der Waals surface area (Å²) in [5.74, 6) is 0. The van der Waals surface area contributed by atoms with Gasteiger partial charge in [0.05, 0.1) is 0 Å². The highest BCUT2D eigenvalue weighted by atomic mass is 79.9. The van der Waals surface area contributed by atoms with Crippen molar-refractivity contribution in [3.8, 4) is 0 Å². The number of halogens is 1. The van der Waals surface area contributed by atoms with E-state index in [9.17, 15) is 0 Å². The van der Waals surface area contributed by atoms with E-state index in [0.717, 1.165) is 5.41 Å². The Morgan fingerprint density at radius 2 is 2.12 bits per heavy atom. The standard InChI is InChI=1S/C7H13Br/c1-2-3-7(6-8)4-5-7/h2-6H2,1H3. The average Bonchev–Trinajstić information content (AvgIpc) is 2.50. The molecule has 48 valence electrons. The van der Waals surface area contributed by atoms with Gasteiger partial charge in [0, 0.05) is 5.33 Å². The molecular formula is C7H13Br. The molecule has 0 aliphatic heterocycles. The summed E-state index contributed by atoms with van der Waals surface area (Å²) in [5.41, 5.74) is 0.759. The zero-order valence-corrected chi connectivity index (χ0v) is 7.00. The van der Waals surface area contributed by atoms with Crippen LogP contribution in [-0.4, -0.2) is 5.33 Å². The minimum Gasteiger partial charge on any atom is -0.0922 e. The molecule has 0 radical (unpaired) electrons. The lowest BCUT2D eigenvalue weighted by Gasteiger charge is -2.06. The summed E-state index contributed by atoms with van der Waals surface area (Å²) >= 11 is 3.53. The maximum absolute atomic E-state index is 3.53. The molecule has 0 aromatic carbocycles. The Bertz CT molecular complexity index is 74.5. The van der Waals surface area contributed by atoms with Crippen LogP contribution in [0.25, 0.3) is 0 Å². The minimum atomic E-state index is 0.759. The van der Waals surface area contributed by atoms with Crippen molar-refractivity contribution in [1.82, 2.24) is 0 Å². The lowest BCUT2D eigenvalue weighted by atomic mass is 10.0. The van der Waals surface area contributed by atoms with E-state index in [1.54, 1.807) is 0 Å². The summed E-state index contributed by atoms with van der Waals surface area (Å²) in [6, 6.07) is 0. The molecule has 8 heavy (non-hydrogen) atoms. The first-order chi connectivity index (χ1) is 3.83. The van der Waals surface area contributed by atoms with Gasteiger partial charge >= 0.3 is 0 Å². The Morgan fingerprint density at radius 3 is 2.25 bits per heavy atom. The Balaban J connectivity index is 2.20. The summed E-state index contributed by atoms with van der Waals surface area (Å²) in [4.78, 5) is 0. The van der Waals surface area contributed by atoms with Crippen LogP contribution in [0.15, 0.2) is 0 Å². The van der Waals surface area contributed by atoms with Crippen LogP contribution in [-0.2, 0) is 0 Å². The zero-order valence-electron chi connectivity index (χ0n) is 5.41. The maximum atomic E-state index is 3.53. The molecular weight excluding hydrogens is 164 g/mol. The highest BCUT2D eigenvalue weighted by Crippen LogP contribution is 2.50. The summed E-state index contributed by atoms with van der Waals surface area (Å²) in [6.07, 6.45) is 5.71. The highest BCUT2D eigenvalue weighted by molar-refractivity contribution is 9.09. The molecule has 0 atom stereocenters. The van der Waals surface area contributed by atoms with Crippen LogP contribution in [0.4, 0.5) is 0 Å². The van der Waals surface area contributed by atoms with Gasteiger partial charge in [-0.05, 0) is 24.7 Å². The first-order valence-corrected chi connectivity index (χ1v) is 4.51. The van der Waals surface area contributed by atoms with Gasteiger partial charge in [0.2, 0.25) is 0 Å². The Kier molecular flexibility index (Phi) is 1.97. The quantitative estimate of drug-likeness (QED) is 0.581. The number of hydrogen-bond donors (Lipinski definition) is 0. The predicted molar refractivity (Wildman–Crippen MR) is 40.4 cm³/mol. The van der Waals surface area contributed by atoms with E-state index in [0.29, 0.717) is 0 Å². The second-order valence-corrected chi connectivity index (χ2v) is 3.44. The fraction of sp³-hybridized carbons (Fsp3) is 1.00. The molecule has 0 nitrogen and oxygen atoms in total. The Hall–Kier alpha value is 0.480. The van der Waals surface area contributed by atoms with Crippen molar-refractivity contribution < 1.29 is 0 Å². The second kappa shape index (κ2) is 2.38. The molecule has 0 amide bonds. The van der Waals surface area contributed by atoms with Gasteiger partial charge in [-0.3, -0.25) is 0 Å². The first kappa shape index (κ1) is 6.60. The molecule has 0 heterocycles. The average molecular weight is 177 g/mol. The van der Waals surface area contributed by atoms with E-state index in [1.807, 2.05) is 0 Å². The molecule has 1 aliphatic carbocycles. The van der Waals surface area contributed by atoms with Crippen LogP contribution in [0, 0.1) is 5.41 Å². The molecule has 0 unspecified atom stereocenters. The van der Waals surface area contributed by atoms with Crippen molar-refractivity contribution in [2.24, 2.45) is 5.41 Å². The van der Waals surface area contributed by atoms with E-state index < -0.39 is 0 Å². The molecule has 0 spiro atoms. The molecule has 1 saturated carbocycles. The lowest BCUT2D eigenvalue weighted by molar-refractivity contribution is 0.523. The summed E-state index contributed by atoms with van der Waals surface area (Å²) < 4.78 is 0. The molecule has 1 aliphatic rings. The maximum Gasteiger partial charge on any atom is 0.00879 e. The fourth-order valence-electron chi connectivity index (χ4n) is 1.16. The van der Waals surface area contributed by atoms with Gasteiger partial charge in [-0.2, -0.15) is 0 Å². The van der Waals surface area contributed by atoms with Gasteiger partial charge in [-0.1, -0.05) is 29.3 Å². The monoisotopic (exact) mass is 176 g/mol. The van der Waals surface area contributed by atoms with E-state index in [4.69, 9.17) is 0 Å². The molecule has 0 N–H and O–H groups in total. The van der Waals surface area contributed by atoms with Gasteiger partial charge in [0.25, 0.3) is 0 Å². The topological polar surface area (TPSA) is 0 Å². The molecule has 0 aromatic rings. The largest absolute Gasteiger partial charge is 0.0922 e. The molecule has 1 heteroatoms. The normalized spacial score (nSPS) is 23.2. The zero-order chi connectivity index (χ0) is 6.04. The van der Waals surface area contributed by atoms with Crippen molar-refractivity contribution in [3.05, 3.63) is 0 Å². The third-order valence-corrected chi connectivity index (χ3v) is 3.21. The minimum absolute atomic E-state index is 0.759. The third-order valence-electron chi connectivity index (χ3n) is 2.02. The van der Waals surface area contributed by atoms with Crippen molar-refractivity contribution in [2.75, 3.05) is 5.33 Å². The fourth-order valence-corrected chi connectivity index (χ4v) is 2.00. The SMILES string of the molecule is CCCC1(CBr)CC1. The van der Waals surface area contributed by atoms with Crippen molar-refractivity contribution in [3.63, 3.8) is 0 Å². The Labute approximate surface area is 59.8 Å². The van der Waals surface area contributed by atoms with Crippen LogP contribution in [0.2, 0.25) is 0 Å². The second-order valence-electron chi connectivity index (χ2n) is 2.88. The van der Waals surface area contributed by atoms with Gasteiger partial charge in [0.15, 0.2) is 0 Å². The first-order valence-electron chi connectivity index (χ1n) is 3.39. The predicted octanol–water partition coefficient (Wildman–Crippen LogP) is 2.96. The molecule has 0 bridgehead atoms. The van der Waals surface area contributed by atoms with E-state index in [1.165, 1.54) is 31.0 Å². The van der Waals surface area contributed by atoms with Crippen LogP contribution < -0.4 is 0 Å². The smallest absolute Gasteiger partial charge is 0.00879 e. The van der Waals surface area contributed by atoms with E-state index in [2.05, 4.69) is 22.9 Å². The Morgan fingerprint density at radius 1 is 1.50 bits per heavy atom. The molecule has 0 aromatic heterocycles. The van der Waals surface area contributed by atoms with Crippen molar-refractivity contribution in [2.45, 2.75) is 32.6 Å². The van der Waals surface area contributed by atoms with E-state index in [-0.39, 0.29) is 0 Å². The number of rotatable bonds is 3. The van der Waals surface area contributed by atoms with Gasteiger partial charge in [0.1, 0.15) is 0 Å². The molecule has 0 saturated heterocycles. The van der Waals surface area contributed by atoms with Crippen LogP contribution in [0.1, 0.15) is 32.6 Å². The van der Waals surface area contributed by atoms with Crippen LogP contribution in [0.3, 0.4) is 0 Å². The van der Waals surface area contributed by atoms with Gasteiger partial charge in [-0.25, -0.2) is 0 Å². The lowest BCUT2D eigenvalue weighted by Crippen LogP contribution is -1.99. The summed E-state index contributed by atoms with van der Waals surface area (Å²) in [5, 5.41) is 1.23. The number of hydrogen-bond acceptors (Lipinski definition) is 0.